The van der Waals surface area contributed by atoms with Crippen LogP contribution >= 0.6 is 12.6 Å². The third kappa shape index (κ3) is 1.26. The van der Waals surface area contributed by atoms with Crippen LogP contribution in [0.4, 0.5) is 0 Å². The average Bonchev–Trinajstić information content (AvgIpc) is 2.23. The standard InChI is InChI=1S/C10H7N2OS/c11-12-8-5-9(14)6-3-1-2-4-7(6)10(8)13/h1-5,10,13H. The predicted octanol–water partition coefficient (Wildman–Crippen LogP) is 1.94. The van der Waals surface area contributed by atoms with Crippen LogP contribution in [0, 0.1) is 0 Å². The Bertz CT molecular complexity index is 461. The summed E-state index contributed by atoms with van der Waals surface area (Å²) in [6.45, 7) is 0. The highest BCUT2D eigenvalue weighted by molar-refractivity contribution is 7.90. The molecule has 1 aromatic rings. The van der Waals surface area contributed by atoms with Gasteiger partial charge in [0.05, 0.1) is 4.91 Å². The number of nitrogens with zero attached hydrogens (tertiary/aromatic N) is 2. The molecule has 1 unspecified atom stereocenters. The Labute approximate surface area is 86.7 Å². The number of hydrogen-bond acceptors (Lipinski definition) is 1. The SMILES string of the molecule is [N-]=[N+]=C1C=C([S])c2ccccc2C1O. The van der Waals surface area contributed by atoms with Gasteiger partial charge < -0.3 is 10.6 Å². The normalized spacial score (nSPS) is 19.6. The molecule has 0 saturated heterocycles. The molecule has 1 radical (unpaired) electrons. The van der Waals surface area contributed by atoms with Crippen LogP contribution in [-0.2, 0) is 0 Å². The topological polar surface area (TPSA) is 56.6 Å². The average molecular weight is 203 g/mol. The van der Waals surface area contributed by atoms with Crippen LogP contribution in [0.5, 0.6) is 0 Å². The molecular formula is C10H7N2OS. The highest BCUT2D eigenvalue weighted by Crippen LogP contribution is 2.32. The second-order valence-corrected chi connectivity index (χ2v) is 3.46. The molecule has 14 heavy (non-hydrogen) atoms. The first-order chi connectivity index (χ1) is 6.74. The monoisotopic (exact) mass is 203 g/mol. The lowest BCUT2D eigenvalue weighted by atomic mass is 9.93. The summed E-state index contributed by atoms with van der Waals surface area (Å²) >= 11 is 5.10. The van der Waals surface area contributed by atoms with Crippen LogP contribution in [0.25, 0.3) is 10.4 Å². The molecule has 0 fully saturated rings. The number of aliphatic hydroxyl groups excluding tert-OH is 1. The zero-order valence-corrected chi connectivity index (χ0v) is 8.03. The largest absolute Gasteiger partial charge is 0.376 e. The number of benzene rings is 1. The first kappa shape index (κ1) is 9.09. The number of aliphatic hydroxyl groups is 1. The fourth-order valence-corrected chi connectivity index (χ4v) is 1.80. The van der Waals surface area contributed by atoms with Gasteiger partial charge in [0.2, 0.25) is 0 Å². The molecule has 3 nitrogen and oxygen atoms in total. The Balaban J connectivity index is 2.68. The molecule has 0 aromatic heterocycles. The molecule has 0 bridgehead atoms. The van der Waals surface area contributed by atoms with E-state index >= 15 is 0 Å². The van der Waals surface area contributed by atoms with Crippen LogP contribution in [-0.4, -0.2) is 15.6 Å². The van der Waals surface area contributed by atoms with E-state index in [0.29, 0.717) is 10.5 Å². The van der Waals surface area contributed by atoms with Gasteiger partial charge in [-0.3, -0.25) is 0 Å². The minimum Gasteiger partial charge on any atom is -0.376 e. The molecule has 0 heterocycles. The van der Waals surface area contributed by atoms with Gasteiger partial charge in [-0.05, 0) is 5.56 Å². The van der Waals surface area contributed by atoms with Gasteiger partial charge in [-0.1, -0.05) is 36.9 Å². The van der Waals surface area contributed by atoms with Gasteiger partial charge in [0.1, 0.15) is 0 Å². The Morgan fingerprint density at radius 1 is 1.36 bits per heavy atom. The van der Waals surface area contributed by atoms with Gasteiger partial charge in [0, 0.05) is 11.6 Å². The van der Waals surface area contributed by atoms with E-state index in [9.17, 15) is 5.11 Å². The molecule has 0 spiro atoms. The van der Waals surface area contributed by atoms with Crippen molar-refractivity contribution >= 4 is 23.2 Å². The van der Waals surface area contributed by atoms with Crippen molar-refractivity contribution in [3.8, 4) is 0 Å². The molecule has 1 aromatic carbocycles. The van der Waals surface area contributed by atoms with Gasteiger partial charge in [0.15, 0.2) is 6.10 Å². The van der Waals surface area contributed by atoms with Crippen molar-refractivity contribution in [3.05, 3.63) is 47.0 Å². The summed E-state index contributed by atoms with van der Waals surface area (Å²) in [5.74, 6) is 0. The molecule has 2 rings (SSSR count). The molecule has 0 amide bonds. The van der Waals surface area contributed by atoms with Crippen LogP contribution in [0.15, 0.2) is 30.3 Å². The first-order valence-corrected chi connectivity index (χ1v) is 4.53. The second-order valence-electron chi connectivity index (χ2n) is 3.02. The van der Waals surface area contributed by atoms with E-state index in [0.717, 1.165) is 5.56 Å². The molecule has 69 valence electrons. The zero-order valence-electron chi connectivity index (χ0n) is 7.21. The summed E-state index contributed by atoms with van der Waals surface area (Å²) in [4.78, 5) is 3.58. The molecule has 0 saturated carbocycles. The Kier molecular flexibility index (Phi) is 2.17. The smallest absolute Gasteiger partial charge is 0.326 e. The first-order valence-electron chi connectivity index (χ1n) is 4.12. The fraction of sp³-hybridized carbons (Fsp3) is 0.100. The van der Waals surface area contributed by atoms with E-state index in [4.69, 9.17) is 18.2 Å². The molecule has 1 atom stereocenters. The minimum atomic E-state index is -0.886. The maximum Gasteiger partial charge on any atom is 0.326 e. The fourth-order valence-electron chi connectivity index (χ4n) is 1.49. The highest BCUT2D eigenvalue weighted by Gasteiger charge is 2.28. The highest BCUT2D eigenvalue weighted by atomic mass is 32.1. The van der Waals surface area contributed by atoms with Crippen molar-refractivity contribution in [1.82, 2.24) is 0 Å². The lowest BCUT2D eigenvalue weighted by Crippen LogP contribution is -2.16. The van der Waals surface area contributed by atoms with Crippen LogP contribution < -0.4 is 0 Å². The summed E-state index contributed by atoms with van der Waals surface area (Å²) in [6, 6.07) is 7.27. The van der Waals surface area contributed by atoms with Crippen LogP contribution in [0.3, 0.4) is 0 Å². The van der Waals surface area contributed by atoms with E-state index in [1.807, 2.05) is 18.2 Å². The van der Waals surface area contributed by atoms with Gasteiger partial charge in [-0.2, -0.15) is 4.79 Å². The molecule has 4 heteroatoms. The number of rotatable bonds is 0. The van der Waals surface area contributed by atoms with Crippen LogP contribution in [0.1, 0.15) is 17.2 Å². The van der Waals surface area contributed by atoms with Gasteiger partial charge in [0.25, 0.3) is 0 Å². The third-order valence-corrected chi connectivity index (χ3v) is 2.53. The minimum absolute atomic E-state index is 0.189. The Morgan fingerprint density at radius 2 is 2.07 bits per heavy atom. The van der Waals surface area contributed by atoms with Gasteiger partial charge >= 0.3 is 5.71 Å². The summed E-state index contributed by atoms with van der Waals surface area (Å²) in [5, 5.41) is 9.76. The quantitative estimate of drug-likeness (QED) is 0.508. The summed E-state index contributed by atoms with van der Waals surface area (Å²) in [6.07, 6.45) is 0.616. The molecular weight excluding hydrogens is 196 g/mol. The van der Waals surface area contributed by atoms with Crippen molar-refractivity contribution < 1.29 is 9.90 Å². The summed E-state index contributed by atoms with van der Waals surface area (Å²) in [7, 11) is 0. The summed E-state index contributed by atoms with van der Waals surface area (Å²) in [5.41, 5.74) is 10.3. The van der Waals surface area contributed by atoms with E-state index < -0.39 is 6.10 Å². The molecule has 1 aliphatic carbocycles. The lowest BCUT2D eigenvalue weighted by molar-refractivity contribution is -0.0188. The van der Waals surface area contributed by atoms with Crippen molar-refractivity contribution in [3.63, 3.8) is 0 Å². The lowest BCUT2D eigenvalue weighted by Gasteiger charge is -2.15. The van der Waals surface area contributed by atoms with E-state index in [1.165, 1.54) is 6.08 Å². The number of hydrogen-bond donors (Lipinski definition) is 1. The van der Waals surface area contributed by atoms with Crippen molar-refractivity contribution in [2.75, 3.05) is 0 Å². The summed E-state index contributed by atoms with van der Waals surface area (Å²) < 4.78 is 0. The molecule has 1 N–H and O–H groups in total. The van der Waals surface area contributed by atoms with Gasteiger partial charge in [-0.25, -0.2) is 0 Å². The molecule has 0 aliphatic heterocycles. The predicted molar refractivity (Wildman–Crippen MR) is 55.6 cm³/mol. The van der Waals surface area contributed by atoms with Crippen molar-refractivity contribution in [2.24, 2.45) is 0 Å². The van der Waals surface area contributed by atoms with Crippen molar-refractivity contribution in [1.29, 1.82) is 0 Å². The van der Waals surface area contributed by atoms with E-state index in [-0.39, 0.29) is 5.71 Å². The Morgan fingerprint density at radius 3 is 2.79 bits per heavy atom. The van der Waals surface area contributed by atoms with Crippen molar-refractivity contribution in [2.45, 2.75) is 6.10 Å². The van der Waals surface area contributed by atoms with Gasteiger partial charge in [-0.15, -0.1) is 0 Å². The van der Waals surface area contributed by atoms with Crippen LogP contribution in [0.2, 0.25) is 0 Å². The van der Waals surface area contributed by atoms with E-state index in [2.05, 4.69) is 4.79 Å². The maximum absolute atomic E-state index is 9.76. The maximum atomic E-state index is 9.76. The zero-order chi connectivity index (χ0) is 10.1. The number of fused-ring (bicyclic) bond motifs is 1. The third-order valence-electron chi connectivity index (χ3n) is 2.20. The Hall–Kier alpha value is -1.48. The van der Waals surface area contributed by atoms with E-state index in [1.54, 1.807) is 6.07 Å². The second kappa shape index (κ2) is 3.35. The molecule has 1 aliphatic rings.